The van der Waals surface area contributed by atoms with E-state index in [1.54, 1.807) is 11.3 Å². The quantitative estimate of drug-likeness (QED) is 0.593. The van der Waals surface area contributed by atoms with Crippen LogP contribution in [-0.2, 0) is 0 Å². The summed E-state index contributed by atoms with van der Waals surface area (Å²) >= 11 is 1.67. The van der Waals surface area contributed by atoms with Gasteiger partial charge >= 0.3 is 0 Å². The van der Waals surface area contributed by atoms with Gasteiger partial charge in [-0.05, 0) is 38.1 Å². The van der Waals surface area contributed by atoms with Crippen molar-refractivity contribution in [3.8, 4) is 17.0 Å². The molecule has 0 amide bonds. The molecule has 2 aromatic carbocycles. The Bertz CT molecular complexity index is 741. The highest BCUT2D eigenvalue weighted by atomic mass is 79.9. The number of thiazole rings is 1. The Hall–Kier alpha value is -1.85. The van der Waals surface area contributed by atoms with E-state index in [2.05, 4.69) is 24.4 Å². The van der Waals surface area contributed by atoms with Gasteiger partial charge in [-0.25, -0.2) is 4.98 Å². The number of nitrogens with one attached hydrogen (secondary N) is 1. The van der Waals surface area contributed by atoms with Gasteiger partial charge in [0.1, 0.15) is 5.75 Å². The summed E-state index contributed by atoms with van der Waals surface area (Å²) in [6, 6.07) is 18.2. The van der Waals surface area contributed by atoms with Crippen LogP contribution in [0.4, 0.5) is 10.8 Å². The molecule has 1 N–H and O–H groups in total. The summed E-state index contributed by atoms with van der Waals surface area (Å²) in [4.78, 5) is 5.92. The van der Waals surface area contributed by atoms with E-state index in [0.29, 0.717) is 6.61 Å². The molecule has 0 saturated carbocycles. The highest BCUT2D eigenvalue weighted by Crippen LogP contribution is 2.32. The lowest BCUT2D eigenvalue weighted by Gasteiger charge is -2.05. The van der Waals surface area contributed by atoms with E-state index < -0.39 is 0 Å². The van der Waals surface area contributed by atoms with E-state index in [-0.39, 0.29) is 17.0 Å². The Labute approximate surface area is 151 Å². The first-order valence-electron chi connectivity index (χ1n) is 7.29. The number of rotatable bonds is 5. The number of hydrogen-bond donors (Lipinski definition) is 1. The average molecular weight is 391 g/mol. The Morgan fingerprint density at radius 2 is 1.74 bits per heavy atom. The molecule has 0 atom stereocenters. The second-order valence-corrected chi connectivity index (χ2v) is 6.08. The molecule has 0 fully saturated rings. The molecular weight excluding hydrogens is 372 g/mol. The summed E-state index contributed by atoms with van der Waals surface area (Å²) in [7, 11) is 0. The molecule has 0 spiro atoms. The highest BCUT2D eigenvalue weighted by Gasteiger charge is 2.09. The maximum Gasteiger partial charge on any atom is 0.187 e. The van der Waals surface area contributed by atoms with Gasteiger partial charge in [0.2, 0.25) is 0 Å². The molecule has 1 heterocycles. The van der Waals surface area contributed by atoms with Crippen LogP contribution in [0.25, 0.3) is 11.3 Å². The van der Waals surface area contributed by atoms with Crippen LogP contribution in [0.15, 0.2) is 54.6 Å². The smallest absolute Gasteiger partial charge is 0.187 e. The summed E-state index contributed by atoms with van der Waals surface area (Å²) in [6.07, 6.45) is 0. The number of nitrogens with zero attached hydrogens (tertiary/aromatic N) is 1. The molecule has 120 valence electrons. The third-order valence-electron chi connectivity index (χ3n) is 3.26. The molecule has 0 aliphatic rings. The molecule has 0 radical (unpaired) electrons. The summed E-state index contributed by atoms with van der Waals surface area (Å²) < 4.78 is 5.45. The minimum absolute atomic E-state index is 0. The van der Waals surface area contributed by atoms with Crippen molar-refractivity contribution in [3.05, 3.63) is 59.5 Å². The van der Waals surface area contributed by atoms with E-state index in [0.717, 1.165) is 27.8 Å². The second-order valence-electron chi connectivity index (χ2n) is 4.87. The molecule has 5 heteroatoms. The highest BCUT2D eigenvalue weighted by molar-refractivity contribution is 8.93. The fraction of sp³-hybridized carbons (Fsp3) is 0.167. The van der Waals surface area contributed by atoms with Gasteiger partial charge in [-0.3, -0.25) is 0 Å². The number of aromatic nitrogens is 1. The molecule has 0 aliphatic carbocycles. The first-order valence-corrected chi connectivity index (χ1v) is 8.10. The predicted molar refractivity (Wildman–Crippen MR) is 104 cm³/mol. The van der Waals surface area contributed by atoms with Crippen molar-refractivity contribution in [3.63, 3.8) is 0 Å². The van der Waals surface area contributed by atoms with Crippen molar-refractivity contribution in [1.82, 2.24) is 4.98 Å². The van der Waals surface area contributed by atoms with Gasteiger partial charge in [0, 0.05) is 16.1 Å². The summed E-state index contributed by atoms with van der Waals surface area (Å²) in [5.74, 6) is 0.883. The molecule has 0 saturated heterocycles. The zero-order chi connectivity index (χ0) is 15.4. The number of ether oxygens (including phenoxy) is 1. The number of benzene rings is 2. The molecule has 0 unspecified atom stereocenters. The van der Waals surface area contributed by atoms with Gasteiger partial charge in [-0.1, -0.05) is 30.3 Å². The Morgan fingerprint density at radius 3 is 2.39 bits per heavy atom. The van der Waals surface area contributed by atoms with E-state index in [4.69, 9.17) is 9.72 Å². The zero-order valence-electron chi connectivity index (χ0n) is 13.1. The molecule has 3 nitrogen and oxygen atoms in total. The first-order chi connectivity index (χ1) is 10.8. The zero-order valence-corrected chi connectivity index (χ0v) is 15.6. The average Bonchev–Trinajstić information content (AvgIpc) is 2.91. The van der Waals surface area contributed by atoms with Crippen molar-refractivity contribution in [2.75, 3.05) is 11.9 Å². The molecule has 0 bridgehead atoms. The van der Waals surface area contributed by atoms with Crippen LogP contribution in [0.1, 0.15) is 11.8 Å². The fourth-order valence-electron chi connectivity index (χ4n) is 2.24. The van der Waals surface area contributed by atoms with Crippen LogP contribution in [-0.4, -0.2) is 11.6 Å². The summed E-state index contributed by atoms with van der Waals surface area (Å²) in [6.45, 7) is 4.76. The standard InChI is InChI=1S/C18H18N2OS.BrH/c1-3-21-16-11-9-15(10-12-16)19-18-20-17(13(2)22-18)14-7-5-4-6-8-14;/h4-12H,3H2,1-2H3,(H,19,20);1H. The minimum atomic E-state index is 0. The van der Waals surface area contributed by atoms with Crippen molar-refractivity contribution in [2.45, 2.75) is 13.8 Å². The van der Waals surface area contributed by atoms with E-state index in [1.165, 1.54) is 4.88 Å². The maximum absolute atomic E-state index is 5.45. The lowest BCUT2D eigenvalue weighted by molar-refractivity contribution is 0.340. The van der Waals surface area contributed by atoms with Crippen LogP contribution in [0.5, 0.6) is 5.75 Å². The minimum Gasteiger partial charge on any atom is -0.494 e. The van der Waals surface area contributed by atoms with E-state index in [1.807, 2.05) is 49.4 Å². The van der Waals surface area contributed by atoms with Crippen molar-refractivity contribution in [2.24, 2.45) is 0 Å². The first kappa shape index (κ1) is 17.5. The van der Waals surface area contributed by atoms with E-state index in [9.17, 15) is 0 Å². The van der Waals surface area contributed by atoms with Gasteiger partial charge in [0.05, 0.1) is 12.3 Å². The number of hydrogen-bond acceptors (Lipinski definition) is 4. The molecule has 3 rings (SSSR count). The van der Waals surface area contributed by atoms with Gasteiger partial charge in [-0.2, -0.15) is 0 Å². The third-order valence-corrected chi connectivity index (χ3v) is 4.15. The Morgan fingerprint density at radius 1 is 1.04 bits per heavy atom. The van der Waals surface area contributed by atoms with Crippen molar-refractivity contribution in [1.29, 1.82) is 0 Å². The topological polar surface area (TPSA) is 34.1 Å². The molecule has 3 aromatic rings. The monoisotopic (exact) mass is 390 g/mol. The van der Waals surface area contributed by atoms with Gasteiger partial charge in [0.25, 0.3) is 0 Å². The fourth-order valence-corrected chi connectivity index (χ4v) is 3.09. The molecule has 23 heavy (non-hydrogen) atoms. The van der Waals surface area contributed by atoms with Crippen LogP contribution in [0.3, 0.4) is 0 Å². The summed E-state index contributed by atoms with van der Waals surface area (Å²) in [5.41, 5.74) is 3.20. The van der Waals surface area contributed by atoms with Crippen LogP contribution >= 0.6 is 28.3 Å². The Balaban J connectivity index is 0.00000192. The SMILES string of the molecule is Br.CCOc1ccc(Nc2nc(-c3ccccc3)c(C)s2)cc1. The lowest BCUT2D eigenvalue weighted by atomic mass is 10.1. The lowest BCUT2D eigenvalue weighted by Crippen LogP contribution is -1.92. The van der Waals surface area contributed by atoms with Crippen molar-refractivity contribution >= 4 is 39.1 Å². The van der Waals surface area contributed by atoms with Gasteiger partial charge in [0.15, 0.2) is 5.13 Å². The van der Waals surface area contributed by atoms with Gasteiger partial charge < -0.3 is 10.1 Å². The van der Waals surface area contributed by atoms with Gasteiger partial charge in [-0.15, -0.1) is 28.3 Å². The number of halogens is 1. The largest absolute Gasteiger partial charge is 0.494 e. The van der Waals surface area contributed by atoms with E-state index >= 15 is 0 Å². The van der Waals surface area contributed by atoms with Crippen molar-refractivity contribution < 1.29 is 4.74 Å². The predicted octanol–water partition coefficient (Wildman–Crippen LogP) is 5.84. The number of aryl methyl sites for hydroxylation is 1. The van der Waals surface area contributed by atoms with Crippen LogP contribution < -0.4 is 10.1 Å². The normalized spacial score (nSPS) is 10.0. The van der Waals surface area contributed by atoms with Crippen LogP contribution in [0.2, 0.25) is 0 Å². The molecule has 0 aliphatic heterocycles. The number of anilines is 2. The Kier molecular flexibility index (Phi) is 6.19. The second kappa shape index (κ2) is 8.13. The summed E-state index contributed by atoms with van der Waals surface area (Å²) in [5, 5.41) is 4.26. The van der Waals surface area contributed by atoms with Crippen LogP contribution in [0, 0.1) is 6.92 Å². The third kappa shape index (κ3) is 4.33. The maximum atomic E-state index is 5.45. The molecule has 1 aromatic heterocycles. The molecular formula is C18H19BrN2OS.